The Kier molecular flexibility index (Phi) is 7.29. The maximum absolute atomic E-state index is 14.3. The van der Waals surface area contributed by atoms with Gasteiger partial charge in [-0.3, -0.25) is 4.79 Å². The van der Waals surface area contributed by atoms with Gasteiger partial charge in [0.15, 0.2) is 0 Å². The van der Waals surface area contributed by atoms with Crippen molar-refractivity contribution in [1.82, 2.24) is 14.5 Å². The third kappa shape index (κ3) is 5.52. The molecule has 2 aromatic carbocycles. The molecule has 0 saturated carbocycles. The number of methoxy groups -OCH3 is 2. The van der Waals surface area contributed by atoms with Crippen LogP contribution in [0.2, 0.25) is 0 Å². The number of hydrogen-bond donors (Lipinski definition) is 1. The topological polar surface area (TPSA) is 103 Å². The largest absolute Gasteiger partial charge is 0.497 e. The monoisotopic (exact) mass is 578 g/mol. The Morgan fingerprint density at radius 1 is 1.02 bits per heavy atom. The second-order valence-electron chi connectivity index (χ2n) is 10.00. The van der Waals surface area contributed by atoms with E-state index in [9.17, 15) is 26.4 Å². The van der Waals surface area contributed by atoms with Crippen molar-refractivity contribution in [3.05, 3.63) is 63.4 Å². The average molecular weight is 579 g/mol. The van der Waals surface area contributed by atoms with Crippen LogP contribution in [-0.4, -0.2) is 57.8 Å². The first-order valence-corrected chi connectivity index (χ1v) is 14.6. The molecule has 1 N–H and O–H groups in total. The highest BCUT2D eigenvalue weighted by Crippen LogP contribution is 2.38. The molecule has 9 nitrogen and oxygen atoms in total. The molecule has 0 bridgehead atoms. The zero-order chi connectivity index (χ0) is 28.8. The number of alkyl halides is 3. The summed E-state index contributed by atoms with van der Waals surface area (Å²) in [6.07, 6.45) is -1.52. The molecule has 0 spiro atoms. The van der Waals surface area contributed by atoms with E-state index < -0.39 is 27.3 Å². The summed E-state index contributed by atoms with van der Waals surface area (Å²) < 4.78 is 80.2. The van der Waals surface area contributed by atoms with Crippen molar-refractivity contribution in [3.63, 3.8) is 0 Å². The number of anilines is 1. The fourth-order valence-corrected chi connectivity index (χ4v) is 6.24. The summed E-state index contributed by atoms with van der Waals surface area (Å²) in [5, 5.41) is 4.52. The van der Waals surface area contributed by atoms with Crippen LogP contribution < -0.4 is 24.7 Å². The number of sulfonamides is 1. The van der Waals surface area contributed by atoms with E-state index in [0.717, 1.165) is 17.0 Å². The van der Waals surface area contributed by atoms with Crippen LogP contribution in [0, 0.1) is 0 Å². The molecule has 13 heteroatoms. The summed E-state index contributed by atoms with van der Waals surface area (Å²) in [6, 6.07) is 8.29. The lowest BCUT2D eigenvalue weighted by atomic mass is 10.0. The van der Waals surface area contributed by atoms with Gasteiger partial charge in [0.1, 0.15) is 11.5 Å². The Morgan fingerprint density at radius 3 is 2.33 bits per heavy atom. The van der Waals surface area contributed by atoms with Crippen LogP contribution in [0.1, 0.15) is 29.5 Å². The van der Waals surface area contributed by atoms with Crippen LogP contribution in [0.25, 0.3) is 16.9 Å². The molecule has 214 valence electrons. The lowest BCUT2D eigenvalue weighted by Gasteiger charge is -2.22. The van der Waals surface area contributed by atoms with E-state index in [0.29, 0.717) is 71.8 Å². The smallest absolute Gasteiger partial charge is 0.418 e. The molecule has 0 amide bonds. The van der Waals surface area contributed by atoms with Gasteiger partial charge in [-0.15, -0.1) is 0 Å². The number of aromatic nitrogens is 2. The molecule has 5 rings (SSSR count). The number of nitrogens with one attached hydrogen (secondary N) is 1. The van der Waals surface area contributed by atoms with Crippen molar-refractivity contribution >= 4 is 15.7 Å². The van der Waals surface area contributed by atoms with E-state index in [4.69, 9.17) is 9.47 Å². The highest BCUT2D eigenvalue weighted by molar-refractivity contribution is 7.88. The van der Waals surface area contributed by atoms with Crippen LogP contribution in [0.5, 0.6) is 11.5 Å². The normalized spacial score (nSPS) is 17.2. The minimum atomic E-state index is -4.75. The van der Waals surface area contributed by atoms with Gasteiger partial charge >= 0.3 is 6.18 Å². The first-order valence-electron chi connectivity index (χ1n) is 12.7. The molecule has 0 radical (unpaired) electrons. The molecule has 1 aromatic heterocycles. The zero-order valence-electron chi connectivity index (χ0n) is 22.2. The Morgan fingerprint density at radius 2 is 1.70 bits per heavy atom. The fourth-order valence-electron chi connectivity index (χ4n) is 5.44. The highest BCUT2D eigenvalue weighted by Gasteiger charge is 2.36. The second-order valence-corrected chi connectivity index (χ2v) is 11.8. The number of rotatable bonds is 7. The Balaban J connectivity index is 1.67. The van der Waals surface area contributed by atoms with Gasteiger partial charge in [0.2, 0.25) is 10.0 Å². The summed E-state index contributed by atoms with van der Waals surface area (Å²) in [6.45, 7) is 0.707. The van der Waals surface area contributed by atoms with E-state index >= 15 is 0 Å². The van der Waals surface area contributed by atoms with Crippen molar-refractivity contribution in [2.75, 3.05) is 38.5 Å². The lowest BCUT2D eigenvalue weighted by molar-refractivity contribution is -0.137. The molecule has 40 heavy (non-hydrogen) atoms. The van der Waals surface area contributed by atoms with E-state index in [1.165, 1.54) is 26.4 Å². The first-order chi connectivity index (χ1) is 18.9. The van der Waals surface area contributed by atoms with Crippen molar-refractivity contribution in [2.24, 2.45) is 0 Å². The quantitative estimate of drug-likeness (QED) is 0.458. The lowest BCUT2D eigenvalue weighted by Crippen LogP contribution is -2.36. The third-order valence-corrected chi connectivity index (χ3v) is 7.99. The van der Waals surface area contributed by atoms with Crippen molar-refractivity contribution in [2.45, 2.75) is 37.9 Å². The van der Waals surface area contributed by atoms with E-state index in [2.05, 4.69) is 9.82 Å². The zero-order valence-corrected chi connectivity index (χ0v) is 23.0. The predicted octanol–water partition coefficient (Wildman–Crippen LogP) is 3.55. The number of nitrogens with zero attached hydrogens (tertiary/aromatic N) is 3. The molecule has 1 fully saturated rings. The first kappa shape index (κ1) is 28.0. The summed E-state index contributed by atoms with van der Waals surface area (Å²) in [7, 11) is -0.456. The van der Waals surface area contributed by atoms with Crippen LogP contribution in [0.3, 0.4) is 0 Å². The van der Waals surface area contributed by atoms with E-state index in [1.807, 2.05) is 0 Å². The number of ether oxygens (including phenoxy) is 2. The Labute approximate surface area is 229 Å². The molecule has 2 heterocycles. The van der Waals surface area contributed by atoms with E-state index in [-0.39, 0.29) is 18.3 Å². The fraction of sp³-hybridized carbons (Fsp3) is 0.407. The summed E-state index contributed by atoms with van der Waals surface area (Å²) in [5.41, 5.74) is 0.539. The standard InChI is InChI=1S/C27H29F3N4O5S/c1-38-19-11-16(12-20(14-19)39-2)25-21-5-4-6-22(21)26(35)34(31-25)24-13-18(7-8-23(24)27(28,29)30)33-10-9-17(15-33)32-40(3,36)37/h7-8,11-14,17,32H,4-6,9-10,15H2,1-3H3. The second kappa shape index (κ2) is 10.4. The molecular weight excluding hydrogens is 549 g/mol. The number of fused-ring (bicyclic) bond motifs is 1. The minimum absolute atomic E-state index is 0.277. The summed E-state index contributed by atoms with van der Waals surface area (Å²) >= 11 is 0. The molecule has 1 saturated heterocycles. The number of hydrogen-bond acceptors (Lipinski definition) is 7. The Bertz CT molecular complexity index is 1600. The van der Waals surface area contributed by atoms with Crippen molar-refractivity contribution < 1.29 is 31.1 Å². The maximum Gasteiger partial charge on any atom is 0.418 e. The van der Waals surface area contributed by atoms with Crippen LogP contribution in [-0.2, 0) is 29.0 Å². The summed E-state index contributed by atoms with van der Waals surface area (Å²) in [5.74, 6) is 0.954. The number of halogens is 3. The average Bonchev–Trinajstić information content (AvgIpc) is 3.57. The van der Waals surface area contributed by atoms with Crippen LogP contribution >= 0.6 is 0 Å². The molecular formula is C27H29F3N4O5S. The minimum Gasteiger partial charge on any atom is -0.497 e. The number of benzene rings is 2. The van der Waals surface area contributed by atoms with Gasteiger partial charge in [-0.1, -0.05) is 0 Å². The van der Waals surface area contributed by atoms with Gasteiger partial charge in [0.25, 0.3) is 5.56 Å². The Hall–Kier alpha value is -3.58. The highest BCUT2D eigenvalue weighted by atomic mass is 32.2. The van der Waals surface area contributed by atoms with Gasteiger partial charge in [0, 0.05) is 42.0 Å². The molecule has 1 unspecified atom stereocenters. The predicted molar refractivity (Wildman–Crippen MR) is 144 cm³/mol. The van der Waals surface area contributed by atoms with Gasteiger partial charge in [0.05, 0.1) is 37.4 Å². The van der Waals surface area contributed by atoms with Gasteiger partial charge in [-0.05, 0) is 61.6 Å². The molecule has 1 aliphatic carbocycles. The van der Waals surface area contributed by atoms with Crippen LogP contribution in [0.15, 0.2) is 41.2 Å². The van der Waals surface area contributed by atoms with Gasteiger partial charge < -0.3 is 14.4 Å². The van der Waals surface area contributed by atoms with Gasteiger partial charge in [-0.2, -0.15) is 23.0 Å². The van der Waals surface area contributed by atoms with Crippen LogP contribution in [0.4, 0.5) is 18.9 Å². The molecule has 3 aromatic rings. The van der Waals surface area contributed by atoms with E-state index in [1.54, 1.807) is 23.1 Å². The van der Waals surface area contributed by atoms with Gasteiger partial charge in [-0.25, -0.2) is 13.1 Å². The third-order valence-electron chi connectivity index (χ3n) is 7.23. The SMILES string of the molecule is COc1cc(OC)cc(-c2nn(-c3cc(N4CCC(NS(C)(=O)=O)C4)ccc3C(F)(F)F)c(=O)c3c2CCC3)c1. The molecule has 2 aliphatic rings. The maximum atomic E-state index is 14.3. The van der Waals surface area contributed by atoms with Crippen molar-refractivity contribution in [1.29, 1.82) is 0 Å². The molecule has 1 atom stereocenters. The summed E-state index contributed by atoms with van der Waals surface area (Å²) in [4.78, 5) is 15.4. The van der Waals surface area contributed by atoms with Crippen molar-refractivity contribution in [3.8, 4) is 28.4 Å². The molecule has 1 aliphatic heterocycles.